The van der Waals surface area contributed by atoms with E-state index < -0.39 is 0 Å². The summed E-state index contributed by atoms with van der Waals surface area (Å²) in [6.45, 7) is 3.71. The Bertz CT molecular complexity index is 156. The second kappa shape index (κ2) is 14.1. The smallest absolute Gasteiger partial charge is 0.0319 e. The van der Waals surface area contributed by atoms with Crippen LogP contribution in [0.2, 0.25) is 0 Å². The summed E-state index contributed by atoms with van der Waals surface area (Å²) in [5.74, 6) is 0. The van der Waals surface area contributed by atoms with Crippen molar-refractivity contribution in [2.45, 2.75) is 0 Å². The third kappa shape index (κ3) is 11.5. The van der Waals surface area contributed by atoms with Crippen LogP contribution in [0.15, 0.2) is 24.3 Å². The van der Waals surface area contributed by atoms with Crippen LogP contribution < -0.4 is 5.73 Å². The summed E-state index contributed by atoms with van der Waals surface area (Å²) in [5, 5.41) is 14.0. The number of rotatable bonds is 0. The van der Waals surface area contributed by atoms with E-state index in [0.29, 0.717) is 0 Å². The quantitative estimate of drug-likeness (QED) is 0.340. The molecule has 1 rings (SSSR count). The molecule has 0 aliphatic carbocycles. The van der Waals surface area contributed by atoms with E-state index in [-0.39, 0.29) is 21.7 Å². The number of aliphatic hydroxyl groups excluding tert-OH is 2. The van der Waals surface area contributed by atoms with E-state index >= 15 is 0 Å². The number of hydrogen-bond acceptors (Lipinski definition) is 3. The molecule has 4 heteroatoms. The Hall–Kier alpha value is -0.476. The van der Waals surface area contributed by atoms with Crippen LogP contribution in [0.25, 0.3) is 0 Å². The fourth-order valence-corrected chi connectivity index (χ4v) is 0.518. The molecule has 3 nitrogen and oxygen atoms in total. The van der Waals surface area contributed by atoms with Crippen molar-refractivity contribution in [2.24, 2.45) is 0 Å². The standard InChI is InChI=1S/C7H8N.2CH4O.Ti/c1-6-2-4-7(8)5-3-6;2*1-2;/h2-5H,1,8H2;2*2H,1H3;/q-1;;;. The molecule has 0 aliphatic rings. The summed E-state index contributed by atoms with van der Waals surface area (Å²) in [6.07, 6.45) is 0. The molecule has 1 aromatic carbocycles. The maximum atomic E-state index is 7.00. The van der Waals surface area contributed by atoms with Crippen LogP contribution in [0.5, 0.6) is 0 Å². The van der Waals surface area contributed by atoms with Crippen molar-refractivity contribution in [3.8, 4) is 0 Å². The molecule has 13 heavy (non-hydrogen) atoms. The van der Waals surface area contributed by atoms with Crippen molar-refractivity contribution in [1.29, 1.82) is 0 Å². The molecule has 0 radical (unpaired) electrons. The molecule has 0 fully saturated rings. The van der Waals surface area contributed by atoms with Gasteiger partial charge >= 0.3 is 0 Å². The van der Waals surface area contributed by atoms with Gasteiger partial charge in [0, 0.05) is 41.6 Å². The Labute approximate surface area is 94.5 Å². The Morgan fingerprint density at radius 3 is 1.54 bits per heavy atom. The van der Waals surface area contributed by atoms with E-state index in [9.17, 15) is 0 Å². The van der Waals surface area contributed by atoms with Crippen LogP contribution in [0.1, 0.15) is 5.56 Å². The first-order valence-electron chi connectivity index (χ1n) is 3.36. The van der Waals surface area contributed by atoms with Crippen LogP contribution >= 0.6 is 0 Å². The van der Waals surface area contributed by atoms with E-state index in [4.69, 9.17) is 15.9 Å². The van der Waals surface area contributed by atoms with Gasteiger partial charge in [-0.15, -0.1) is 0 Å². The van der Waals surface area contributed by atoms with Gasteiger partial charge < -0.3 is 15.9 Å². The first kappa shape index (κ1) is 18.3. The minimum atomic E-state index is 0. The zero-order chi connectivity index (χ0) is 9.98. The summed E-state index contributed by atoms with van der Waals surface area (Å²) in [7, 11) is 2.00. The van der Waals surface area contributed by atoms with Crippen LogP contribution in [0.3, 0.4) is 0 Å². The van der Waals surface area contributed by atoms with Crippen molar-refractivity contribution < 1.29 is 31.9 Å². The molecule has 0 saturated carbocycles. The van der Waals surface area contributed by atoms with Gasteiger partial charge in [0.15, 0.2) is 0 Å². The Morgan fingerprint density at radius 1 is 1.00 bits per heavy atom. The minimum Gasteiger partial charge on any atom is -0.400 e. The third-order valence-electron chi connectivity index (χ3n) is 0.980. The van der Waals surface area contributed by atoms with Gasteiger partial charge in [-0.2, -0.15) is 24.6 Å². The maximum Gasteiger partial charge on any atom is 0.0319 e. The van der Waals surface area contributed by atoms with E-state index in [0.717, 1.165) is 25.5 Å². The number of aliphatic hydroxyl groups is 2. The molecule has 0 unspecified atom stereocenters. The monoisotopic (exact) mass is 218 g/mol. The summed E-state index contributed by atoms with van der Waals surface area (Å²) in [6, 6.07) is 7.44. The zero-order valence-electron chi connectivity index (χ0n) is 7.99. The summed E-state index contributed by atoms with van der Waals surface area (Å²) in [5.41, 5.74) is 7.19. The van der Waals surface area contributed by atoms with Crippen molar-refractivity contribution in [1.82, 2.24) is 0 Å². The first-order chi connectivity index (χ1) is 5.79. The molecule has 0 atom stereocenters. The van der Waals surface area contributed by atoms with Crippen LogP contribution in [0.4, 0.5) is 5.69 Å². The molecule has 0 amide bonds. The van der Waals surface area contributed by atoms with E-state index in [1.165, 1.54) is 0 Å². The second-order valence-electron chi connectivity index (χ2n) is 1.74. The molecule has 4 N–H and O–H groups in total. The Morgan fingerprint density at radius 2 is 1.31 bits per heavy atom. The normalized spacial score (nSPS) is 6.46. The van der Waals surface area contributed by atoms with Crippen LogP contribution in [-0.4, -0.2) is 24.4 Å². The fourth-order valence-electron chi connectivity index (χ4n) is 0.518. The average molecular weight is 218 g/mol. The Kier molecular flexibility index (Phi) is 19.8. The molecule has 0 aliphatic heterocycles. The van der Waals surface area contributed by atoms with Crippen molar-refractivity contribution in [3.05, 3.63) is 36.8 Å². The van der Waals surface area contributed by atoms with Gasteiger partial charge in [0.2, 0.25) is 0 Å². The van der Waals surface area contributed by atoms with Crippen molar-refractivity contribution in [2.75, 3.05) is 20.0 Å². The second-order valence-corrected chi connectivity index (χ2v) is 1.74. The van der Waals surface area contributed by atoms with E-state index in [1.807, 2.05) is 24.3 Å². The fraction of sp³-hybridized carbons (Fsp3) is 0.222. The molecule has 0 saturated heterocycles. The number of nitrogens with two attached hydrogens (primary N) is 1. The van der Waals surface area contributed by atoms with E-state index in [2.05, 4.69) is 6.92 Å². The number of hydrogen-bond donors (Lipinski definition) is 3. The molecule has 0 heterocycles. The predicted molar refractivity (Wildman–Crippen MR) is 51.6 cm³/mol. The number of benzene rings is 1. The van der Waals surface area contributed by atoms with Crippen LogP contribution in [0, 0.1) is 6.92 Å². The predicted octanol–water partition coefficient (Wildman–Crippen LogP) is 0.665. The topological polar surface area (TPSA) is 66.5 Å². The SMILES string of the molecule is CO.CO.[CH2-]c1ccc(N)cc1.[Ti]. The van der Waals surface area contributed by atoms with Gasteiger partial charge in [-0.1, -0.05) is 12.1 Å². The van der Waals surface area contributed by atoms with Gasteiger partial charge in [-0.25, -0.2) is 0 Å². The Balaban J connectivity index is -0.000000178. The van der Waals surface area contributed by atoms with Crippen molar-refractivity contribution >= 4 is 5.69 Å². The van der Waals surface area contributed by atoms with Gasteiger partial charge in [0.25, 0.3) is 0 Å². The first-order valence-corrected chi connectivity index (χ1v) is 3.36. The molecular formula is C9H16NO2Ti-. The number of nitrogen functional groups attached to an aromatic ring is 1. The minimum absolute atomic E-state index is 0. The largest absolute Gasteiger partial charge is 0.400 e. The van der Waals surface area contributed by atoms with Gasteiger partial charge in [0.1, 0.15) is 0 Å². The van der Waals surface area contributed by atoms with E-state index in [1.54, 1.807) is 0 Å². The molecule has 0 bridgehead atoms. The van der Waals surface area contributed by atoms with Gasteiger partial charge in [-0.05, 0) is 0 Å². The van der Waals surface area contributed by atoms with Gasteiger partial charge in [0.05, 0.1) is 0 Å². The summed E-state index contributed by atoms with van der Waals surface area (Å²) in [4.78, 5) is 0. The summed E-state index contributed by atoms with van der Waals surface area (Å²) < 4.78 is 0. The average Bonchev–Trinajstić information content (AvgIpc) is 2.17. The number of anilines is 1. The molecule has 1 aromatic rings. The molecule has 0 spiro atoms. The third-order valence-corrected chi connectivity index (χ3v) is 0.980. The van der Waals surface area contributed by atoms with Gasteiger partial charge in [-0.3, -0.25) is 0 Å². The van der Waals surface area contributed by atoms with Crippen LogP contribution in [-0.2, 0) is 21.7 Å². The summed E-state index contributed by atoms with van der Waals surface area (Å²) >= 11 is 0. The molecule has 74 valence electrons. The van der Waals surface area contributed by atoms with Crippen molar-refractivity contribution in [3.63, 3.8) is 0 Å². The molecule has 0 aromatic heterocycles. The maximum absolute atomic E-state index is 7.00. The zero-order valence-corrected chi connectivity index (χ0v) is 9.55. The molecular weight excluding hydrogens is 202 g/mol.